The van der Waals surface area contributed by atoms with E-state index in [-0.39, 0.29) is 21.7 Å². The van der Waals surface area contributed by atoms with E-state index in [9.17, 15) is 9.18 Å². The number of aromatic amines is 1. The number of hydrogen-bond acceptors (Lipinski definition) is 5. The van der Waals surface area contributed by atoms with Gasteiger partial charge in [-0.2, -0.15) is 0 Å². The number of aryl methyl sites for hydroxylation is 2. The summed E-state index contributed by atoms with van der Waals surface area (Å²) in [5, 5.41) is 2.53. The van der Waals surface area contributed by atoms with E-state index < -0.39 is 19.7 Å². The number of H-pyrrole nitrogens is 1. The number of rotatable bonds is 9. The highest BCUT2D eigenvalue weighted by Crippen LogP contribution is 2.37. The molecule has 0 saturated carbocycles. The first-order valence-electron chi connectivity index (χ1n) is 14.3. The van der Waals surface area contributed by atoms with Gasteiger partial charge in [0.15, 0.2) is 0 Å². The first-order chi connectivity index (χ1) is 20.5. The molecule has 0 atom stereocenters. The maximum atomic E-state index is 14.2. The lowest BCUT2D eigenvalue weighted by molar-refractivity contribution is 0.206. The highest BCUT2D eigenvalue weighted by molar-refractivity contribution is 6.99. The molecule has 0 spiro atoms. The number of hydrogen-bond donors (Lipinski definition) is 1. The Labute approximate surface area is 252 Å². The predicted octanol–water partition coefficient (Wildman–Crippen LogP) is 6.31. The van der Waals surface area contributed by atoms with Crippen molar-refractivity contribution in [2.24, 2.45) is 0 Å². The number of nitrogens with zero attached hydrogens (tertiary/aromatic N) is 1. The molecule has 0 amide bonds. The Balaban J connectivity index is 1.40. The number of fused-ring (bicyclic) bond motifs is 1. The van der Waals surface area contributed by atoms with Gasteiger partial charge in [-0.25, -0.2) is 9.37 Å². The molecule has 6 nitrogen and oxygen atoms in total. The standard InChI is InChI=1S/C35H37FN2O4Si/c1-23-19-25(33-37-29-21-26(36)22-30(40-6)31(29)34(39)38-33)20-24(2)32(23)41-17-18-42-43(35(3,4)5,27-13-9-7-10-14-27)28-15-11-8-12-16-28/h7-16,19-22H,17-18H2,1-6H3,(H,37,38,39). The molecule has 8 heteroatoms. The largest absolute Gasteiger partial charge is 0.496 e. The van der Waals surface area contributed by atoms with Crippen LogP contribution in [0.25, 0.3) is 22.3 Å². The zero-order chi connectivity index (χ0) is 30.8. The summed E-state index contributed by atoms with van der Waals surface area (Å²) >= 11 is 0. The van der Waals surface area contributed by atoms with E-state index in [1.165, 1.54) is 29.6 Å². The van der Waals surface area contributed by atoms with Crippen LogP contribution >= 0.6 is 0 Å². The van der Waals surface area contributed by atoms with E-state index in [0.29, 0.717) is 24.6 Å². The monoisotopic (exact) mass is 596 g/mol. The van der Waals surface area contributed by atoms with Crippen LogP contribution in [0.2, 0.25) is 5.04 Å². The highest BCUT2D eigenvalue weighted by atomic mass is 28.4. The lowest BCUT2D eigenvalue weighted by Gasteiger charge is -2.43. The minimum atomic E-state index is -2.66. The van der Waals surface area contributed by atoms with Gasteiger partial charge < -0.3 is 18.9 Å². The highest BCUT2D eigenvalue weighted by Gasteiger charge is 2.50. The van der Waals surface area contributed by atoms with Gasteiger partial charge in [0.1, 0.15) is 35.1 Å². The van der Waals surface area contributed by atoms with Crippen molar-refractivity contribution < 1.29 is 18.3 Å². The lowest BCUT2D eigenvalue weighted by Crippen LogP contribution is -2.66. The second-order valence-electron chi connectivity index (χ2n) is 11.7. The Bertz CT molecular complexity index is 1740. The minimum Gasteiger partial charge on any atom is -0.496 e. The van der Waals surface area contributed by atoms with Gasteiger partial charge in [0.05, 0.1) is 19.2 Å². The Morgan fingerprint density at radius 2 is 1.44 bits per heavy atom. The van der Waals surface area contributed by atoms with Crippen LogP contribution in [-0.2, 0) is 4.43 Å². The molecule has 43 heavy (non-hydrogen) atoms. The van der Waals surface area contributed by atoms with Gasteiger partial charge in [-0.15, -0.1) is 0 Å². The summed E-state index contributed by atoms with van der Waals surface area (Å²) in [6.45, 7) is 11.5. The van der Waals surface area contributed by atoms with Crippen LogP contribution in [0.4, 0.5) is 4.39 Å². The molecule has 1 heterocycles. The van der Waals surface area contributed by atoms with Gasteiger partial charge in [-0.3, -0.25) is 4.79 Å². The van der Waals surface area contributed by atoms with E-state index in [2.05, 4.69) is 79.3 Å². The Kier molecular flexibility index (Phi) is 8.53. The summed E-state index contributed by atoms with van der Waals surface area (Å²) in [6.07, 6.45) is 0. The van der Waals surface area contributed by atoms with E-state index >= 15 is 0 Å². The molecule has 0 radical (unpaired) electrons. The Morgan fingerprint density at radius 3 is 1.98 bits per heavy atom. The molecule has 0 aliphatic heterocycles. The fourth-order valence-electron chi connectivity index (χ4n) is 5.92. The SMILES string of the molecule is COc1cc(F)cc2nc(-c3cc(C)c(OCCO[Si](c4ccccc4)(c4ccccc4)C(C)(C)C)c(C)c3)[nH]c(=O)c12. The van der Waals surface area contributed by atoms with Crippen LogP contribution in [0.15, 0.2) is 89.7 Å². The number of ether oxygens (including phenoxy) is 2. The molecule has 0 bridgehead atoms. The molecular formula is C35H37FN2O4Si. The second-order valence-corrected chi connectivity index (χ2v) is 16.0. The lowest BCUT2D eigenvalue weighted by atomic mass is 10.0. The third kappa shape index (κ3) is 5.85. The summed E-state index contributed by atoms with van der Waals surface area (Å²) in [6, 6.07) is 27.3. The smallest absolute Gasteiger partial charge is 0.262 e. The maximum absolute atomic E-state index is 14.2. The quantitative estimate of drug-likeness (QED) is 0.160. The summed E-state index contributed by atoms with van der Waals surface area (Å²) < 4.78 is 32.6. The van der Waals surface area contributed by atoms with E-state index in [1.807, 2.05) is 38.1 Å². The fourth-order valence-corrected chi connectivity index (χ4v) is 10.5. The molecule has 1 N–H and O–H groups in total. The summed E-state index contributed by atoms with van der Waals surface area (Å²) in [5.41, 5.74) is 2.31. The normalized spacial score (nSPS) is 12.0. The van der Waals surface area contributed by atoms with Crippen LogP contribution < -0.4 is 25.4 Å². The zero-order valence-corrected chi connectivity index (χ0v) is 26.5. The topological polar surface area (TPSA) is 73.4 Å². The van der Waals surface area contributed by atoms with E-state index in [4.69, 9.17) is 13.9 Å². The predicted molar refractivity (Wildman–Crippen MR) is 173 cm³/mol. The third-order valence-electron chi connectivity index (χ3n) is 7.76. The minimum absolute atomic E-state index is 0.125. The Morgan fingerprint density at radius 1 is 0.860 bits per heavy atom. The second kappa shape index (κ2) is 12.1. The molecule has 0 fully saturated rings. The Hall–Kier alpha value is -4.27. The molecule has 0 aliphatic carbocycles. The molecule has 0 saturated heterocycles. The molecule has 0 unspecified atom stereocenters. The van der Waals surface area contributed by atoms with E-state index in [0.717, 1.165) is 16.9 Å². The van der Waals surface area contributed by atoms with E-state index in [1.54, 1.807) is 0 Å². The van der Waals surface area contributed by atoms with Gasteiger partial charge in [0.25, 0.3) is 13.9 Å². The van der Waals surface area contributed by atoms with Crippen molar-refractivity contribution in [3.8, 4) is 22.9 Å². The van der Waals surface area contributed by atoms with Crippen LogP contribution in [0, 0.1) is 19.7 Å². The molecule has 222 valence electrons. The first kappa shape index (κ1) is 30.2. The summed E-state index contributed by atoms with van der Waals surface area (Å²) in [4.78, 5) is 20.3. The number of methoxy groups -OCH3 is 1. The number of nitrogens with one attached hydrogen (secondary N) is 1. The van der Waals surface area contributed by atoms with Gasteiger partial charge in [-0.05, 0) is 52.5 Å². The van der Waals surface area contributed by atoms with Crippen molar-refractivity contribution in [1.29, 1.82) is 0 Å². The first-order valence-corrected chi connectivity index (χ1v) is 16.2. The van der Waals surface area contributed by atoms with Crippen LogP contribution in [0.3, 0.4) is 0 Å². The molecular weight excluding hydrogens is 559 g/mol. The van der Waals surface area contributed by atoms with Crippen molar-refractivity contribution in [1.82, 2.24) is 9.97 Å². The van der Waals surface area contributed by atoms with Gasteiger partial charge in [0, 0.05) is 17.7 Å². The molecule has 5 rings (SSSR count). The summed E-state index contributed by atoms with van der Waals surface area (Å²) in [7, 11) is -1.27. The average molecular weight is 597 g/mol. The van der Waals surface area contributed by atoms with Gasteiger partial charge >= 0.3 is 0 Å². The number of aromatic nitrogens is 2. The van der Waals surface area contributed by atoms with Crippen molar-refractivity contribution in [2.75, 3.05) is 20.3 Å². The van der Waals surface area contributed by atoms with Crippen molar-refractivity contribution >= 4 is 29.6 Å². The summed E-state index contributed by atoms with van der Waals surface area (Å²) in [5.74, 6) is 0.722. The zero-order valence-electron chi connectivity index (χ0n) is 25.5. The molecule has 0 aliphatic rings. The average Bonchev–Trinajstić information content (AvgIpc) is 2.97. The van der Waals surface area contributed by atoms with Crippen molar-refractivity contribution in [2.45, 2.75) is 39.7 Å². The van der Waals surface area contributed by atoms with Crippen LogP contribution in [0.5, 0.6) is 11.5 Å². The van der Waals surface area contributed by atoms with Crippen molar-refractivity contribution in [3.05, 3.63) is 112 Å². The molecule has 1 aromatic heterocycles. The van der Waals surface area contributed by atoms with Crippen LogP contribution in [0.1, 0.15) is 31.9 Å². The third-order valence-corrected chi connectivity index (χ3v) is 12.8. The van der Waals surface area contributed by atoms with Crippen molar-refractivity contribution in [3.63, 3.8) is 0 Å². The van der Waals surface area contributed by atoms with Gasteiger partial charge in [0.2, 0.25) is 0 Å². The van der Waals surface area contributed by atoms with Crippen LogP contribution in [-0.4, -0.2) is 38.6 Å². The number of halogens is 1. The fraction of sp³-hybridized carbons (Fsp3) is 0.257. The maximum Gasteiger partial charge on any atom is 0.262 e. The number of benzene rings is 4. The van der Waals surface area contributed by atoms with Gasteiger partial charge in [-0.1, -0.05) is 81.4 Å². The molecule has 5 aromatic rings. The molecule has 4 aromatic carbocycles.